The minimum absolute atomic E-state index is 0.143. The quantitative estimate of drug-likeness (QED) is 0.910. The van der Waals surface area contributed by atoms with Crippen molar-refractivity contribution in [2.75, 3.05) is 5.75 Å². The molecule has 0 heterocycles. The third kappa shape index (κ3) is 4.05. The molecular weight excluding hydrogens is 320 g/mol. The van der Waals surface area contributed by atoms with E-state index in [1.165, 1.54) is 0 Å². The maximum atomic E-state index is 12.6. The van der Waals surface area contributed by atoms with Gasteiger partial charge in [0.2, 0.25) is 0 Å². The zero-order chi connectivity index (χ0) is 17.2. The molecule has 3 nitrogen and oxygen atoms in total. The van der Waals surface area contributed by atoms with Gasteiger partial charge >= 0.3 is 0 Å². The average Bonchev–Trinajstić information content (AvgIpc) is 2.58. The summed E-state index contributed by atoms with van der Waals surface area (Å²) in [6, 6.07) is 17.1. The molecule has 0 amide bonds. The van der Waals surface area contributed by atoms with Crippen molar-refractivity contribution < 1.29 is 13.5 Å². The summed E-state index contributed by atoms with van der Waals surface area (Å²) in [4.78, 5) is 0.388. The highest BCUT2D eigenvalue weighted by molar-refractivity contribution is 7.91. The molecule has 0 saturated heterocycles. The van der Waals surface area contributed by atoms with Gasteiger partial charge in [0.15, 0.2) is 9.84 Å². The maximum absolute atomic E-state index is 12.6. The molecule has 0 aromatic heterocycles. The second-order valence-corrected chi connectivity index (χ2v) is 9.15. The van der Waals surface area contributed by atoms with E-state index in [2.05, 4.69) is 0 Å². The third-order valence-corrected chi connectivity index (χ3v) is 6.86. The Kier molecular flexibility index (Phi) is 4.79. The Morgan fingerprint density at radius 3 is 2.08 bits per heavy atom. The Morgan fingerprint density at radius 1 is 0.958 bits per heavy atom. The predicted octanol–water partition coefficient (Wildman–Crippen LogP) is 4.07. The van der Waals surface area contributed by atoms with Crippen LogP contribution < -0.4 is 0 Å². The van der Waals surface area contributed by atoms with Gasteiger partial charge in [-0.05, 0) is 61.8 Å². The van der Waals surface area contributed by atoms with Crippen LogP contribution in [0.25, 0.3) is 11.1 Å². The third-order valence-electron chi connectivity index (χ3n) is 4.96. The molecule has 2 aromatic carbocycles. The molecule has 1 fully saturated rings. The van der Waals surface area contributed by atoms with E-state index in [1.807, 2.05) is 49.4 Å². The molecule has 1 N–H and O–H groups in total. The number of rotatable bonds is 4. The molecule has 3 rings (SSSR count). The number of aliphatic hydroxyl groups is 1. The topological polar surface area (TPSA) is 54.4 Å². The van der Waals surface area contributed by atoms with E-state index in [-0.39, 0.29) is 11.7 Å². The number of hydrogen-bond donors (Lipinski definition) is 1. The first kappa shape index (κ1) is 17.2. The van der Waals surface area contributed by atoms with Gasteiger partial charge in [0.1, 0.15) is 0 Å². The Bertz CT molecular complexity index is 767. The summed E-state index contributed by atoms with van der Waals surface area (Å²) in [5, 5.41) is 10.00. The first-order valence-electron chi connectivity index (χ1n) is 8.46. The lowest BCUT2D eigenvalue weighted by Crippen LogP contribution is -2.32. The highest BCUT2D eigenvalue weighted by atomic mass is 32.2. The number of hydrogen-bond acceptors (Lipinski definition) is 3. The summed E-state index contributed by atoms with van der Waals surface area (Å²) in [6.45, 7) is 1.83. The monoisotopic (exact) mass is 344 g/mol. The van der Waals surface area contributed by atoms with Gasteiger partial charge in [-0.2, -0.15) is 0 Å². The molecule has 1 saturated carbocycles. The first-order chi connectivity index (χ1) is 11.4. The summed E-state index contributed by atoms with van der Waals surface area (Å²) >= 11 is 0. The SMILES string of the molecule is CC1(O)CCC(CS(=O)(=O)c2ccc(-c3ccccc3)cc2)CC1. The number of sulfone groups is 1. The van der Waals surface area contributed by atoms with Gasteiger partial charge < -0.3 is 5.11 Å². The smallest absolute Gasteiger partial charge is 0.178 e. The van der Waals surface area contributed by atoms with Crippen LogP contribution in [0.2, 0.25) is 0 Å². The lowest BCUT2D eigenvalue weighted by molar-refractivity contribution is 0.0108. The zero-order valence-corrected chi connectivity index (χ0v) is 14.8. The molecule has 0 aliphatic heterocycles. The van der Waals surface area contributed by atoms with Crippen LogP contribution >= 0.6 is 0 Å². The van der Waals surface area contributed by atoms with E-state index in [0.29, 0.717) is 17.7 Å². The Hall–Kier alpha value is -1.65. The van der Waals surface area contributed by atoms with Crippen LogP contribution in [0.1, 0.15) is 32.6 Å². The van der Waals surface area contributed by atoms with Gasteiger partial charge in [-0.3, -0.25) is 0 Å². The average molecular weight is 344 g/mol. The first-order valence-corrected chi connectivity index (χ1v) is 10.1. The minimum Gasteiger partial charge on any atom is -0.390 e. The van der Waals surface area contributed by atoms with Crippen LogP contribution in [-0.2, 0) is 9.84 Å². The normalized spacial score (nSPS) is 24.7. The van der Waals surface area contributed by atoms with E-state index < -0.39 is 15.4 Å². The van der Waals surface area contributed by atoms with Crippen molar-refractivity contribution >= 4 is 9.84 Å². The molecule has 1 aliphatic carbocycles. The second kappa shape index (κ2) is 6.69. The van der Waals surface area contributed by atoms with Crippen molar-refractivity contribution in [1.82, 2.24) is 0 Å². The fourth-order valence-corrected chi connectivity index (χ4v) is 5.06. The summed E-state index contributed by atoms with van der Waals surface area (Å²) < 4.78 is 25.3. The molecule has 128 valence electrons. The van der Waals surface area contributed by atoms with Gasteiger partial charge in [0.25, 0.3) is 0 Å². The van der Waals surface area contributed by atoms with Crippen molar-refractivity contribution in [3.8, 4) is 11.1 Å². The van der Waals surface area contributed by atoms with Crippen molar-refractivity contribution in [1.29, 1.82) is 0 Å². The molecule has 4 heteroatoms. The Morgan fingerprint density at radius 2 is 1.50 bits per heavy atom. The van der Waals surface area contributed by atoms with Gasteiger partial charge in [-0.15, -0.1) is 0 Å². The minimum atomic E-state index is -3.28. The fourth-order valence-electron chi connectivity index (χ4n) is 3.36. The lowest BCUT2D eigenvalue weighted by Gasteiger charge is -2.32. The lowest BCUT2D eigenvalue weighted by atomic mass is 9.81. The Balaban J connectivity index is 1.71. The zero-order valence-electron chi connectivity index (χ0n) is 14.0. The maximum Gasteiger partial charge on any atom is 0.178 e. The van der Waals surface area contributed by atoms with Crippen LogP contribution in [0.3, 0.4) is 0 Å². The van der Waals surface area contributed by atoms with E-state index in [0.717, 1.165) is 24.0 Å². The van der Waals surface area contributed by atoms with Crippen LogP contribution in [-0.4, -0.2) is 24.9 Å². The van der Waals surface area contributed by atoms with Crippen LogP contribution in [0.4, 0.5) is 0 Å². The van der Waals surface area contributed by atoms with E-state index in [1.54, 1.807) is 12.1 Å². The molecule has 2 aromatic rings. The number of benzene rings is 2. The molecule has 0 spiro atoms. The largest absolute Gasteiger partial charge is 0.390 e. The molecule has 24 heavy (non-hydrogen) atoms. The fraction of sp³-hybridized carbons (Fsp3) is 0.400. The van der Waals surface area contributed by atoms with Crippen LogP contribution in [0, 0.1) is 5.92 Å². The van der Waals surface area contributed by atoms with Crippen molar-refractivity contribution in [2.45, 2.75) is 43.1 Å². The summed E-state index contributed by atoms with van der Waals surface area (Å²) in [7, 11) is -3.28. The van der Waals surface area contributed by atoms with Crippen LogP contribution in [0.5, 0.6) is 0 Å². The second-order valence-electron chi connectivity index (χ2n) is 7.11. The van der Waals surface area contributed by atoms with Crippen molar-refractivity contribution in [3.05, 3.63) is 54.6 Å². The molecule has 0 unspecified atom stereocenters. The van der Waals surface area contributed by atoms with Gasteiger partial charge in [-0.25, -0.2) is 8.42 Å². The van der Waals surface area contributed by atoms with Gasteiger partial charge in [-0.1, -0.05) is 42.5 Å². The molecule has 0 radical (unpaired) electrons. The molecule has 0 bridgehead atoms. The summed E-state index contributed by atoms with van der Waals surface area (Å²) in [5.41, 5.74) is 1.47. The van der Waals surface area contributed by atoms with Crippen molar-refractivity contribution in [2.24, 2.45) is 5.92 Å². The molecule has 1 aliphatic rings. The standard InChI is InChI=1S/C20H24O3S/c1-20(21)13-11-16(12-14-20)15-24(22,23)19-9-7-18(8-10-19)17-5-3-2-4-6-17/h2-10,16,21H,11-15H2,1H3. The van der Waals surface area contributed by atoms with Crippen LogP contribution in [0.15, 0.2) is 59.5 Å². The van der Waals surface area contributed by atoms with Crippen molar-refractivity contribution in [3.63, 3.8) is 0 Å². The highest BCUT2D eigenvalue weighted by Gasteiger charge is 2.31. The van der Waals surface area contributed by atoms with Gasteiger partial charge in [0, 0.05) is 0 Å². The predicted molar refractivity (Wildman–Crippen MR) is 96.5 cm³/mol. The van der Waals surface area contributed by atoms with E-state index in [4.69, 9.17) is 0 Å². The Labute approximate surface area is 144 Å². The molecule has 0 atom stereocenters. The van der Waals surface area contributed by atoms with E-state index in [9.17, 15) is 13.5 Å². The molecular formula is C20H24O3S. The summed E-state index contributed by atoms with van der Waals surface area (Å²) in [5.74, 6) is 0.317. The van der Waals surface area contributed by atoms with Gasteiger partial charge in [0.05, 0.1) is 16.2 Å². The van der Waals surface area contributed by atoms with E-state index >= 15 is 0 Å². The highest BCUT2D eigenvalue weighted by Crippen LogP contribution is 2.33. The summed E-state index contributed by atoms with van der Waals surface area (Å²) in [6.07, 6.45) is 2.91.